The smallest absolute Gasteiger partial charge is 0.352 e. The maximum absolute atomic E-state index is 13.5. The molecule has 10 heteroatoms. The highest BCUT2D eigenvalue weighted by Crippen LogP contribution is 2.16. The molecule has 0 atom stereocenters. The molecule has 0 bridgehead atoms. The van der Waals surface area contributed by atoms with Crippen molar-refractivity contribution >= 4 is 34.2 Å². The first kappa shape index (κ1) is 25.9. The van der Waals surface area contributed by atoms with Gasteiger partial charge in [-0.25, -0.2) is 13.9 Å². The zero-order valence-electron chi connectivity index (χ0n) is 21.5. The van der Waals surface area contributed by atoms with Crippen LogP contribution in [0.5, 0.6) is 0 Å². The number of benzene rings is 2. The number of anilines is 1. The minimum Gasteiger partial charge on any atom is -0.352 e. The second kappa shape index (κ2) is 10.8. The van der Waals surface area contributed by atoms with Crippen molar-refractivity contribution < 1.29 is 9.59 Å². The van der Waals surface area contributed by atoms with Gasteiger partial charge in [-0.1, -0.05) is 45.9 Å². The number of nitrogens with zero attached hydrogens (tertiary/aromatic N) is 4. The number of fused-ring (bicyclic) bond motifs is 3. The zero-order chi connectivity index (χ0) is 26.7. The molecular weight excluding hydrogens is 472 g/mol. The Balaban J connectivity index is 1.83. The molecule has 0 spiro atoms. The molecule has 4 rings (SSSR count). The molecule has 2 aromatic heterocycles. The van der Waals surface area contributed by atoms with Crippen molar-refractivity contribution in [2.24, 2.45) is 11.8 Å². The van der Waals surface area contributed by atoms with Crippen LogP contribution < -0.4 is 21.9 Å². The third-order valence-corrected chi connectivity index (χ3v) is 5.99. The Labute approximate surface area is 213 Å². The lowest BCUT2D eigenvalue weighted by Crippen LogP contribution is -2.30. The van der Waals surface area contributed by atoms with Gasteiger partial charge in [-0.15, -0.1) is 5.10 Å². The lowest BCUT2D eigenvalue weighted by molar-refractivity contribution is -0.117. The summed E-state index contributed by atoms with van der Waals surface area (Å²) >= 11 is 0. The van der Waals surface area contributed by atoms with Crippen molar-refractivity contribution in [1.82, 2.24) is 24.1 Å². The minimum absolute atomic E-state index is 0.135. The number of hydrogen-bond donors (Lipinski definition) is 2. The van der Waals surface area contributed by atoms with Gasteiger partial charge in [-0.05, 0) is 48.6 Å². The highest BCUT2D eigenvalue weighted by molar-refractivity contribution is 5.98. The fraction of sp³-hybridized carbons (Fsp3) is 0.370. The van der Waals surface area contributed by atoms with E-state index in [2.05, 4.69) is 15.7 Å². The third-order valence-electron chi connectivity index (χ3n) is 5.99. The van der Waals surface area contributed by atoms with Gasteiger partial charge in [0.1, 0.15) is 6.54 Å². The molecule has 37 heavy (non-hydrogen) atoms. The number of nitrogens with one attached hydrogen (secondary N) is 2. The standard InChI is InChI=1S/C27H32N6O4/c1-17(2)12-13-31-25(36)21-11-10-19(24(35)28-15-18(3)4)14-22(21)33-26(31)30-32(27(33)37)16-23(34)29-20-8-6-5-7-9-20/h5-11,14,17-18H,12-13,15-16H2,1-4H3,(H,28,35)(H,29,34). The van der Waals surface area contributed by atoms with E-state index >= 15 is 0 Å². The number of rotatable bonds is 9. The molecule has 0 aliphatic carbocycles. The topological polar surface area (TPSA) is 120 Å². The van der Waals surface area contributed by atoms with E-state index in [4.69, 9.17) is 0 Å². The summed E-state index contributed by atoms with van der Waals surface area (Å²) in [6.07, 6.45) is 0.701. The van der Waals surface area contributed by atoms with E-state index in [-0.39, 0.29) is 35.2 Å². The number of aryl methyl sites for hydroxylation is 1. The molecule has 0 radical (unpaired) electrons. The highest BCUT2D eigenvalue weighted by Gasteiger charge is 2.20. The zero-order valence-corrected chi connectivity index (χ0v) is 21.5. The van der Waals surface area contributed by atoms with Crippen molar-refractivity contribution in [3.63, 3.8) is 0 Å². The first-order valence-corrected chi connectivity index (χ1v) is 12.4. The number of para-hydroxylation sites is 1. The van der Waals surface area contributed by atoms with Gasteiger partial charge in [0.2, 0.25) is 11.7 Å². The van der Waals surface area contributed by atoms with Crippen LogP contribution in [0.15, 0.2) is 58.1 Å². The number of hydrogen-bond acceptors (Lipinski definition) is 5. The largest absolute Gasteiger partial charge is 0.352 e. The third kappa shape index (κ3) is 5.63. The van der Waals surface area contributed by atoms with Crippen LogP contribution in [0.2, 0.25) is 0 Å². The van der Waals surface area contributed by atoms with Gasteiger partial charge in [0.25, 0.3) is 11.5 Å². The van der Waals surface area contributed by atoms with Crippen LogP contribution in [0.25, 0.3) is 16.7 Å². The Hall–Kier alpha value is -4.21. The van der Waals surface area contributed by atoms with Crippen LogP contribution >= 0.6 is 0 Å². The van der Waals surface area contributed by atoms with Gasteiger partial charge in [0, 0.05) is 24.3 Å². The highest BCUT2D eigenvalue weighted by atomic mass is 16.2. The lowest BCUT2D eigenvalue weighted by atomic mass is 10.1. The van der Waals surface area contributed by atoms with Crippen molar-refractivity contribution in [2.75, 3.05) is 11.9 Å². The molecule has 0 aliphatic rings. The Morgan fingerprint density at radius 3 is 2.38 bits per heavy atom. The summed E-state index contributed by atoms with van der Waals surface area (Å²) in [5.74, 6) is 0.00366. The Morgan fingerprint density at radius 2 is 1.70 bits per heavy atom. The van der Waals surface area contributed by atoms with Crippen molar-refractivity contribution in [3.05, 3.63) is 74.9 Å². The SMILES string of the molecule is CC(C)CCn1c(=O)c2ccc(C(=O)NCC(C)C)cc2n2c(=O)n(CC(=O)Nc3ccccc3)nc12. The molecule has 0 saturated carbocycles. The summed E-state index contributed by atoms with van der Waals surface area (Å²) in [5, 5.41) is 10.3. The van der Waals surface area contributed by atoms with Gasteiger partial charge in [0.15, 0.2) is 0 Å². The van der Waals surface area contributed by atoms with E-state index in [9.17, 15) is 19.2 Å². The maximum Gasteiger partial charge on any atom is 0.352 e. The lowest BCUT2D eigenvalue weighted by Gasteiger charge is -2.12. The number of carbonyl (C=O) groups is 2. The van der Waals surface area contributed by atoms with E-state index in [1.807, 2.05) is 33.8 Å². The van der Waals surface area contributed by atoms with Crippen LogP contribution in [0.1, 0.15) is 44.5 Å². The minimum atomic E-state index is -0.568. The van der Waals surface area contributed by atoms with Crippen molar-refractivity contribution in [1.29, 1.82) is 0 Å². The van der Waals surface area contributed by atoms with E-state index in [0.29, 0.717) is 42.1 Å². The maximum atomic E-state index is 13.5. The summed E-state index contributed by atoms with van der Waals surface area (Å²) in [6.45, 7) is 8.60. The first-order valence-electron chi connectivity index (χ1n) is 12.4. The average molecular weight is 505 g/mol. The van der Waals surface area contributed by atoms with Crippen molar-refractivity contribution in [3.8, 4) is 0 Å². The van der Waals surface area contributed by atoms with Gasteiger partial charge in [-0.2, -0.15) is 0 Å². The van der Waals surface area contributed by atoms with E-state index < -0.39 is 11.6 Å². The molecule has 0 fully saturated rings. The van der Waals surface area contributed by atoms with Crippen molar-refractivity contribution in [2.45, 2.75) is 47.2 Å². The van der Waals surface area contributed by atoms with E-state index in [1.54, 1.807) is 36.4 Å². The number of aromatic nitrogens is 4. The van der Waals surface area contributed by atoms with Crippen LogP contribution in [0.3, 0.4) is 0 Å². The Bertz CT molecular complexity index is 1560. The molecular formula is C27H32N6O4. The molecule has 0 unspecified atom stereocenters. The molecule has 2 aromatic carbocycles. The molecule has 4 aromatic rings. The molecule has 2 N–H and O–H groups in total. The fourth-order valence-electron chi connectivity index (χ4n) is 4.01. The second-order valence-electron chi connectivity index (χ2n) is 9.96. The predicted octanol–water partition coefficient (Wildman–Crippen LogP) is 2.88. The van der Waals surface area contributed by atoms with E-state index in [1.165, 1.54) is 15.0 Å². The summed E-state index contributed by atoms with van der Waals surface area (Å²) in [5.41, 5.74) is 0.332. The van der Waals surface area contributed by atoms with Crippen LogP contribution in [0, 0.1) is 11.8 Å². The first-order chi connectivity index (χ1) is 17.7. The normalized spacial score (nSPS) is 11.5. The number of amides is 2. The molecule has 0 aliphatic heterocycles. The Kier molecular flexibility index (Phi) is 7.56. The molecule has 2 amide bonds. The summed E-state index contributed by atoms with van der Waals surface area (Å²) in [4.78, 5) is 52.3. The van der Waals surface area contributed by atoms with Gasteiger partial charge < -0.3 is 10.6 Å². The van der Waals surface area contributed by atoms with Crippen LogP contribution in [-0.2, 0) is 17.9 Å². The second-order valence-corrected chi connectivity index (χ2v) is 9.96. The quantitative estimate of drug-likeness (QED) is 0.363. The van der Waals surface area contributed by atoms with Gasteiger partial charge in [0.05, 0.1) is 10.9 Å². The van der Waals surface area contributed by atoms with Gasteiger partial charge >= 0.3 is 5.69 Å². The Morgan fingerprint density at radius 1 is 0.973 bits per heavy atom. The number of carbonyl (C=O) groups excluding carboxylic acids is 2. The van der Waals surface area contributed by atoms with Crippen LogP contribution in [-0.4, -0.2) is 37.1 Å². The fourth-order valence-corrected chi connectivity index (χ4v) is 4.01. The summed E-state index contributed by atoms with van der Waals surface area (Å²) in [6, 6.07) is 13.6. The molecule has 0 saturated heterocycles. The monoisotopic (exact) mass is 504 g/mol. The summed E-state index contributed by atoms with van der Waals surface area (Å²) < 4.78 is 3.82. The molecule has 2 heterocycles. The predicted molar refractivity (Wildman–Crippen MR) is 143 cm³/mol. The van der Waals surface area contributed by atoms with Gasteiger partial charge in [-0.3, -0.25) is 19.0 Å². The van der Waals surface area contributed by atoms with E-state index in [0.717, 1.165) is 4.68 Å². The summed E-state index contributed by atoms with van der Waals surface area (Å²) in [7, 11) is 0. The molecule has 194 valence electrons. The van der Waals surface area contributed by atoms with Crippen LogP contribution in [0.4, 0.5) is 5.69 Å². The average Bonchev–Trinajstić information content (AvgIpc) is 3.17. The molecule has 10 nitrogen and oxygen atoms in total.